The van der Waals surface area contributed by atoms with Crippen molar-refractivity contribution >= 4 is 0 Å². The fraction of sp³-hybridized carbons (Fsp3) is 0.353. The van der Waals surface area contributed by atoms with Crippen molar-refractivity contribution in [2.45, 2.75) is 27.0 Å². The molecule has 0 unspecified atom stereocenters. The van der Waals surface area contributed by atoms with Crippen molar-refractivity contribution in [3.63, 3.8) is 0 Å². The fourth-order valence-corrected chi connectivity index (χ4v) is 2.01. The number of aromatic nitrogens is 1. The van der Waals surface area contributed by atoms with E-state index in [1.54, 1.807) is 7.11 Å². The summed E-state index contributed by atoms with van der Waals surface area (Å²) in [7, 11) is 1.65. The van der Waals surface area contributed by atoms with E-state index in [1.807, 2.05) is 43.3 Å². The van der Waals surface area contributed by atoms with Gasteiger partial charge in [0.25, 0.3) is 0 Å². The van der Waals surface area contributed by atoms with Gasteiger partial charge in [-0.25, -0.2) is 0 Å². The van der Waals surface area contributed by atoms with Crippen LogP contribution in [-0.4, -0.2) is 18.6 Å². The maximum Gasteiger partial charge on any atom is 0.161 e. The standard InChI is InChI=1S/C17H22N2O2/c1-4-18-11-14-6-5-7-15(19-14)12-21-16-9-8-13(2)10-17(16)20-3/h5-10,18H,4,11-12H2,1-3H3. The summed E-state index contributed by atoms with van der Waals surface area (Å²) in [6, 6.07) is 11.9. The maximum absolute atomic E-state index is 5.82. The van der Waals surface area contributed by atoms with Gasteiger partial charge in [-0.2, -0.15) is 0 Å². The molecule has 0 atom stereocenters. The average Bonchev–Trinajstić information content (AvgIpc) is 2.52. The predicted octanol–water partition coefficient (Wildman–Crippen LogP) is 3.09. The van der Waals surface area contributed by atoms with Crippen LogP contribution in [0.2, 0.25) is 0 Å². The molecule has 0 aliphatic heterocycles. The van der Waals surface area contributed by atoms with Crippen molar-refractivity contribution in [2.24, 2.45) is 0 Å². The van der Waals surface area contributed by atoms with E-state index in [4.69, 9.17) is 9.47 Å². The molecule has 0 saturated carbocycles. The molecule has 2 rings (SSSR count). The van der Waals surface area contributed by atoms with Crippen LogP contribution >= 0.6 is 0 Å². The van der Waals surface area contributed by atoms with Crippen molar-refractivity contribution < 1.29 is 9.47 Å². The van der Waals surface area contributed by atoms with Crippen LogP contribution in [0.4, 0.5) is 0 Å². The van der Waals surface area contributed by atoms with Gasteiger partial charge in [-0.3, -0.25) is 4.98 Å². The number of methoxy groups -OCH3 is 1. The molecule has 0 aliphatic carbocycles. The van der Waals surface area contributed by atoms with Crippen molar-refractivity contribution in [3.05, 3.63) is 53.3 Å². The van der Waals surface area contributed by atoms with E-state index < -0.39 is 0 Å². The zero-order chi connectivity index (χ0) is 15.1. The van der Waals surface area contributed by atoms with Gasteiger partial charge in [-0.1, -0.05) is 19.1 Å². The molecule has 4 nitrogen and oxygen atoms in total. The number of hydrogen-bond acceptors (Lipinski definition) is 4. The minimum Gasteiger partial charge on any atom is -0.493 e. The smallest absolute Gasteiger partial charge is 0.161 e. The summed E-state index contributed by atoms with van der Waals surface area (Å²) >= 11 is 0. The predicted molar refractivity (Wildman–Crippen MR) is 83.7 cm³/mol. The van der Waals surface area contributed by atoms with Gasteiger partial charge < -0.3 is 14.8 Å². The molecular formula is C17H22N2O2. The number of nitrogens with zero attached hydrogens (tertiary/aromatic N) is 1. The first-order valence-electron chi connectivity index (χ1n) is 7.16. The number of hydrogen-bond donors (Lipinski definition) is 1. The van der Waals surface area contributed by atoms with Crippen molar-refractivity contribution in [3.8, 4) is 11.5 Å². The normalized spacial score (nSPS) is 10.4. The third-order valence-corrected chi connectivity index (χ3v) is 3.12. The lowest BCUT2D eigenvalue weighted by molar-refractivity contribution is 0.280. The Hall–Kier alpha value is -2.07. The summed E-state index contributed by atoms with van der Waals surface area (Å²) in [6.07, 6.45) is 0. The number of rotatable bonds is 7. The van der Waals surface area contributed by atoms with Crippen LogP contribution in [0, 0.1) is 6.92 Å². The second-order valence-corrected chi connectivity index (χ2v) is 4.84. The maximum atomic E-state index is 5.82. The first-order valence-corrected chi connectivity index (χ1v) is 7.16. The zero-order valence-corrected chi connectivity index (χ0v) is 12.8. The zero-order valence-electron chi connectivity index (χ0n) is 12.8. The highest BCUT2D eigenvalue weighted by Gasteiger charge is 2.05. The average molecular weight is 286 g/mol. The highest BCUT2D eigenvalue weighted by atomic mass is 16.5. The minimum absolute atomic E-state index is 0.430. The van der Waals surface area contributed by atoms with Crippen LogP contribution in [0.3, 0.4) is 0 Å². The summed E-state index contributed by atoms with van der Waals surface area (Å²) < 4.78 is 11.2. The second-order valence-electron chi connectivity index (χ2n) is 4.84. The molecule has 1 N–H and O–H groups in total. The number of ether oxygens (including phenoxy) is 2. The Labute approximate surface area is 126 Å². The Morgan fingerprint density at radius 3 is 2.67 bits per heavy atom. The molecule has 0 spiro atoms. The van der Waals surface area contributed by atoms with E-state index >= 15 is 0 Å². The lowest BCUT2D eigenvalue weighted by Gasteiger charge is -2.11. The summed E-state index contributed by atoms with van der Waals surface area (Å²) in [4.78, 5) is 4.57. The van der Waals surface area contributed by atoms with E-state index in [0.717, 1.165) is 41.5 Å². The molecule has 2 aromatic rings. The molecule has 21 heavy (non-hydrogen) atoms. The SMILES string of the molecule is CCNCc1cccc(COc2ccc(C)cc2OC)n1. The van der Waals surface area contributed by atoms with Crippen LogP contribution in [0.1, 0.15) is 23.9 Å². The van der Waals surface area contributed by atoms with Crippen LogP contribution in [0.25, 0.3) is 0 Å². The van der Waals surface area contributed by atoms with E-state index in [1.165, 1.54) is 0 Å². The summed E-state index contributed by atoms with van der Waals surface area (Å²) in [5, 5.41) is 3.27. The van der Waals surface area contributed by atoms with E-state index in [-0.39, 0.29) is 0 Å². The second kappa shape index (κ2) is 7.64. The van der Waals surface area contributed by atoms with Gasteiger partial charge in [0.1, 0.15) is 6.61 Å². The molecular weight excluding hydrogens is 264 g/mol. The molecule has 1 aromatic carbocycles. The Morgan fingerprint density at radius 2 is 1.90 bits per heavy atom. The molecule has 0 fully saturated rings. The van der Waals surface area contributed by atoms with E-state index in [2.05, 4.69) is 17.2 Å². The van der Waals surface area contributed by atoms with Crippen LogP contribution < -0.4 is 14.8 Å². The van der Waals surface area contributed by atoms with Crippen LogP contribution in [0.15, 0.2) is 36.4 Å². The van der Waals surface area contributed by atoms with Gasteiger partial charge in [0.2, 0.25) is 0 Å². The topological polar surface area (TPSA) is 43.4 Å². The fourth-order valence-electron chi connectivity index (χ4n) is 2.01. The molecule has 0 bridgehead atoms. The Bertz CT molecular complexity index is 585. The van der Waals surface area contributed by atoms with E-state index in [0.29, 0.717) is 6.61 Å². The Balaban J connectivity index is 2.02. The van der Waals surface area contributed by atoms with Crippen molar-refractivity contribution in [1.82, 2.24) is 10.3 Å². The lowest BCUT2D eigenvalue weighted by atomic mass is 10.2. The summed E-state index contributed by atoms with van der Waals surface area (Å²) in [5.74, 6) is 1.49. The number of nitrogens with one attached hydrogen (secondary N) is 1. The quantitative estimate of drug-likeness (QED) is 0.849. The molecule has 4 heteroatoms. The van der Waals surface area contributed by atoms with Gasteiger partial charge in [0, 0.05) is 6.54 Å². The Morgan fingerprint density at radius 1 is 1.10 bits per heavy atom. The van der Waals surface area contributed by atoms with Gasteiger partial charge in [-0.15, -0.1) is 0 Å². The molecule has 112 valence electrons. The van der Waals surface area contributed by atoms with Gasteiger partial charge >= 0.3 is 0 Å². The third kappa shape index (κ3) is 4.46. The molecule has 1 aromatic heterocycles. The monoisotopic (exact) mass is 286 g/mol. The van der Waals surface area contributed by atoms with Crippen LogP contribution in [-0.2, 0) is 13.2 Å². The van der Waals surface area contributed by atoms with Crippen LogP contribution in [0.5, 0.6) is 11.5 Å². The van der Waals surface area contributed by atoms with Gasteiger partial charge in [-0.05, 0) is 43.3 Å². The Kier molecular flexibility index (Phi) is 5.58. The molecule has 0 saturated heterocycles. The number of aryl methyl sites for hydroxylation is 1. The summed E-state index contributed by atoms with van der Waals surface area (Å²) in [6.45, 7) is 6.25. The minimum atomic E-state index is 0.430. The van der Waals surface area contributed by atoms with Gasteiger partial charge in [0.05, 0.1) is 18.5 Å². The van der Waals surface area contributed by atoms with Gasteiger partial charge in [0.15, 0.2) is 11.5 Å². The molecule has 0 aliphatic rings. The molecule has 1 heterocycles. The third-order valence-electron chi connectivity index (χ3n) is 3.12. The summed E-state index contributed by atoms with van der Waals surface area (Å²) in [5.41, 5.74) is 3.08. The highest BCUT2D eigenvalue weighted by molar-refractivity contribution is 5.42. The van der Waals surface area contributed by atoms with Crippen molar-refractivity contribution in [2.75, 3.05) is 13.7 Å². The number of benzene rings is 1. The largest absolute Gasteiger partial charge is 0.493 e. The first kappa shape index (κ1) is 15.3. The molecule has 0 radical (unpaired) electrons. The highest BCUT2D eigenvalue weighted by Crippen LogP contribution is 2.28. The van der Waals surface area contributed by atoms with E-state index in [9.17, 15) is 0 Å². The first-order chi connectivity index (χ1) is 10.2. The molecule has 0 amide bonds. The number of pyridine rings is 1. The van der Waals surface area contributed by atoms with Crippen molar-refractivity contribution in [1.29, 1.82) is 0 Å². The lowest BCUT2D eigenvalue weighted by Crippen LogP contribution is -2.13.